The molecule has 0 saturated heterocycles. The predicted molar refractivity (Wildman–Crippen MR) is 71.2 cm³/mol. The normalized spacial score (nSPS) is 11.4. The molecule has 8 heteroatoms. The molecule has 0 aliphatic carbocycles. The molecule has 1 aromatic heterocycles. The van der Waals surface area contributed by atoms with E-state index in [-0.39, 0.29) is 0 Å². The van der Waals surface area contributed by atoms with Crippen LogP contribution in [-0.4, -0.2) is 31.2 Å². The summed E-state index contributed by atoms with van der Waals surface area (Å²) in [5.41, 5.74) is 0. The van der Waals surface area contributed by atoms with E-state index in [1.54, 1.807) is 11.4 Å². The van der Waals surface area contributed by atoms with Gasteiger partial charge in [-0.2, -0.15) is 13.2 Å². The zero-order valence-corrected chi connectivity index (χ0v) is 11.4. The number of nitrogens with one attached hydrogen (secondary N) is 1. The van der Waals surface area contributed by atoms with Crippen molar-refractivity contribution in [2.24, 2.45) is 0 Å². The summed E-state index contributed by atoms with van der Waals surface area (Å²) in [6.45, 7) is -2.20. The summed E-state index contributed by atoms with van der Waals surface area (Å²) in [5, 5.41) is 2.48. The van der Waals surface area contributed by atoms with Crippen LogP contribution in [0.2, 0.25) is 0 Å². The highest BCUT2D eigenvalue weighted by molar-refractivity contribution is 7.20. The monoisotopic (exact) mass is 317 g/mol. The van der Waals surface area contributed by atoms with Gasteiger partial charge in [-0.1, -0.05) is 18.2 Å². The molecule has 0 fully saturated rings. The molecule has 2 rings (SSSR count). The van der Waals surface area contributed by atoms with Crippen molar-refractivity contribution < 1.29 is 27.5 Å². The van der Waals surface area contributed by atoms with Crippen molar-refractivity contribution >= 4 is 33.3 Å². The largest absolute Gasteiger partial charge is 0.451 e. The topological polar surface area (TPSA) is 55.4 Å². The summed E-state index contributed by atoms with van der Waals surface area (Å²) < 4.78 is 41.2. The highest BCUT2D eigenvalue weighted by Gasteiger charge is 2.27. The van der Waals surface area contributed by atoms with Crippen LogP contribution in [0.25, 0.3) is 10.1 Å². The molecule has 1 aromatic carbocycles. The first kappa shape index (κ1) is 15.3. The number of ether oxygens (including phenoxy) is 1. The lowest BCUT2D eigenvalue weighted by molar-refractivity contribution is -0.140. The fraction of sp³-hybridized carbons (Fsp3) is 0.231. The standard InChI is InChI=1S/C13H10F3NO3S/c14-13(15,16)7-17-11(18)6-20-12(19)10-5-8-3-1-2-4-9(8)21-10/h1-5H,6-7H2,(H,17,18). The molecule has 4 nitrogen and oxygen atoms in total. The Kier molecular flexibility index (Phi) is 4.46. The number of thiophene rings is 1. The van der Waals surface area contributed by atoms with Crippen LogP contribution < -0.4 is 5.32 Å². The average molecular weight is 317 g/mol. The first-order valence-corrected chi connectivity index (χ1v) is 6.66. The maximum Gasteiger partial charge on any atom is 0.405 e. The number of carbonyl (C=O) groups is 2. The summed E-state index contributed by atoms with van der Waals surface area (Å²) in [6, 6.07) is 8.88. The van der Waals surface area contributed by atoms with Crippen molar-refractivity contribution in [3.8, 4) is 0 Å². The molecule has 112 valence electrons. The SMILES string of the molecule is O=C(COC(=O)c1cc2ccccc2s1)NCC(F)(F)F. The van der Waals surface area contributed by atoms with Crippen LogP contribution in [-0.2, 0) is 9.53 Å². The number of halogens is 3. The maximum atomic E-state index is 11.9. The van der Waals surface area contributed by atoms with E-state index in [0.717, 1.165) is 10.1 Å². The minimum Gasteiger partial charge on any atom is -0.451 e. The number of alkyl halides is 3. The van der Waals surface area contributed by atoms with Crippen LogP contribution in [0.5, 0.6) is 0 Å². The summed E-state index contributed by atoms with van der Waals surface area (Å²) >= 11 is 1.19. The van der Waals surface area contributed by atoms with Crippen molar-refractivity contribution in [1.29, 1.82) is 0 Å². The van der Waals surface area contributed by atoms with Crippen molar-refractivity contribution in [2.45, 2.75) is 6.18 Å². The van der Waals surface area contributed by atoms with E-state index in [1.165, 1.54) is 11.3 Å². The molecule has 0 atom stereocenters. The van der Waals surface area contributed by atoms with E-state index in [4.69, 9.17) is 0 Å². The van der Waals surface area contributed by atoms with Crippen molar-refractivity contribution in [3.63, 3.8) is 0 Å². The molecule has 21 heavy (non-hydrogen) atoms. The summed E-state index contributed by atoms with van der Waals surface area (Å²) in [4.78, 5) is 23.1. The van der Waals surface area contributed by atoms with Gasteiger partial charge in [0, 0.05) is 4.70 Å². The van der Waals surface area contributed by atoms with Crippen LogP contribution >= 0.6 is 11.3 Å². The van der Waals surface area contributed by atoms with Crippen LogP contribution in [0.1, 0.15) is 9.67 Å². The molecule has 2 aromatic rings. The Hall–Kier alpha value is -2.09. The van der Waals surface area contributed by atoms with Crippen LogP contribution in [0.4, 0.5) is 13.2 Å². The van der Waals surface area contributed by atoms with Gasteiger partial charge in [0.25, 0.3) is 5.91 Å². The van der Waals surface area contributed by atoms with E-state index in [1.807, 2.05) is 24.3 Å². The molecular weight excluding hydrogens is 307 g/mol. The third-order valence-corrected chi connectivity index (χ3v) is 3.54. The smallest absolute Gasteiger partial charge is 0.405 e. The second-order valence-electron chi connectivity index (χ2n) is 4.12. The zero-order valence-electron chi connectivity index (χ0n) is 10.6. The molecule has 1 heterocycles. The van der Waals surface area contributed by atoms with Gasteiger partial charge in [-0.25, -0.2) is 4.79 Å². The average Bonchev–Trinajstić information content (AvgIpc) is 2.85. The number of hydrogen-bond acceptors (Lipinski definition) is 4. The quantitative estimate of drug-likeness (QED) is 0.882. The summed E-state index contributed by atoms with van der Waals surface area (Å²) in [6.07, 6.45) is -4.49. The summed E-state index contributed by atoms with van der Waals surface area (Å²) in [5.74, 6) is -1.74. The maximum absolute atomic E-state index is 11.9. The minimum atomic E-state index is -4.49. The van der Waals surface area contributed by atoms with Gasteiger partial charge >= 0.3 is 12.1 Å². The highest BCUT2D eigenvalue weighted by Crippen LogP contribution is 2.25. The number of fused-ring (bicyclic) bond motifs is 1. The van der Waals surface area contributed by atoms with E-state index in [2.05, 4.69) is 4.74 Å². The van der Waals surface area contributed by atoms with Crippen LogP contribution in [0, 0.1) is 0 Å². The lowest BCUT2D eigenvalue weighted by atomic mass is 10.2. The first-order chi connectivity index (χ1) is 9.85. The molecule has 0 bridgehead atoms. The molecule has 1 amide bonds. The molecule has 1 N–H and O–H groups in total. The van der Waals surface area contributed by atoms with Crippen molar-refractivity contribution in [2.75, 3.05) is 13.2 Å². The molecule has 0 aliphatic heterocycles. The first-order valence-electron chi connectivity index (χ1n) is 5.84. The third kappa shape index (κ3) is 4.45. The fourth-order valence-corrected chi connectivity index (χ4v) is 2.49. The zero-order chi connectivity index (χ0) is 15.5. The Labute approximate surface area is 121 Å². The van der Waals surface area contributed by atoms with E-state index < -0.39 is 31.2 Å². The molecule has 0 spiro atoms. The number of amides is 1. The van der Waals surface area contributed by atoms with Gasteiger partial charge in [0.1, 0.15) is 11.4 Å². The van der Waals surface area contributed by atoms with Crippen molar-refractivity contribution in [1.82, 2.24) is 5.32 Å². The second kappa shape index (κ2) is 6.13. The fourth-order valence-electron chi connectivity index (χ4n) is 1.53. The van der Waals surface area contributed by atoms with Gasteiger partial charge < -0.3 is 10.1 Å². The Morgan fingerprint density at radius 3 is 2.62 bits per heavy atom. The van der Waals surface area contributed by atoms with Crippen LogP contribution in [0.3, 0.4) is 0 Å². The Balaban J connectivity index is 1.88. The number of rotatable bonds is 4. The van der Waals surface area contributed by atoms with Gasteiger partial charge in [-0.15, -0.1) is 11.3 Å². The minimum absolute atomic E-state index is 0.292. The highest BCUT2D eigenvalue weighted by atomic mass is 32.1. The van der Waals surface area contributed by atoms with E-state index in [9.17, 15) is 22.8 Å². The number of carbonyl (C=O) groups excluding carboxylic acids is 2. The Morgan fingerprint density at radius 2 is 1.95 bits per heavy atom. The van der Waals surface area contributed by atoms with Gasteiger partial charge in [-0.3, -0.25) is 4.79 Å². The number of hydrogen-bond donors (Lipinski definition) is 1. The number of esters is 1. The molecule has 0 radical (unpaired) electrons. The predicted octanol–water partition coefficient (Wildman–Crippen LogP) is 2.74. The lowest BCUT2D eigenvalue weighted by Gasteiger charge is -2.08. The Bertz CT molecular complexity index is 633. The van der Waals surface area contributed by atoms with Gasteiger partial charge in [0.05, 0.1) is 0 Å². The number of benzene rings is 1. The second-order valence-corrected chi connectivity index (χ2v) is 5.20. The van der Waals surface area contributed by atoms with Gasteiger partial charge in [-0.05, 0) is 17.5 Å². The molecule has 0 aliphatic rings. The molecular formula is C13H10F3NO3S. The van der Waals surface area contributed by atoms with E-state index in [0.29, 0.717) is 4.88 Å². The lowest BCUT2D eigenvalue weighted by Crippen LogP contribution is -2.36. The van der Waals surface area contributed by atoms with Gasteiger partial charge in [0.15, 0.2) is 6.61 Å². The molecule has 0 saturated carbocycles. The van der Waals surface area contributed by atoms with Gasteiger partial charge in [0.2, 0.25) is 0 Å². The van der Waals surface area contributed by atoms with Crippen LogP contribution in [0.15, 0.2) is 30.3 Å². The Morgan fingerprint density at radius 1 is 1.24 bits per heavy atom. The van der Waals surface area contributed by atoms with E-state index >= 15 is 0 Å². The third-order valence-electron chi connectivity index (χ3n) is 2.45. The molecule has 0 unspecified atom stereocenters. The van der Waals surface area contributed by atoms with Crippen molar-refractivity contribution in [3.05, 3.63) is 35.2 Å². The summed E-state index contributed by atoms with van der Waals surface area (Å²) in [7, 11) is 0.